The van der Waals surface area contributed by atoms with Gasteiger partial charge in [-0.3, -0.25) is 9.69 Å². The second-order valence-electron chi connectivity index (χ2n) is 6.33. The average molecular weight is 300 g/mol. The van der Waals surface area contributed by atoms with E-state index >= 15 is 0 Å². The van der Waals surface area contributed by atoms with Crippen molar-refractivity contribution in [2.75, 3.05) is 26.2 Å². The van der Waals surface area contributed by atoms with E-state index in [-0.39, 0.29) is 0 Å². The Bertz CT molecular complexity index is 325. The Labute approximate surface area is 129 Å². The molecule has 2 N–H and O–H groups in total. The zero-order valence-electron chi connectivity index (χ0n) is 14.0. The van der Waals surface area contributed by atoms with E-state index in [1.807, 2.05) is 6.92 Å². The number of hydrogen-bond donors (Lipinski definition) is 2. The fraction of sp³-hybridized carbons (Fsp3) is 0.938. The molecule has 0 aliphatic carbocycles. The number of unbranched alkanes of at least 4 members (excludes halogenated alkanes) is 1. The molecular weight excluding hydrogens is 268 g/mol. The van der Waals surface area contributed by atoms with E-state index in [2.05, 4.69) is 24.1 Å². The van der Waals surface area contributed by atoms with Gasteiger partial charge in [0.05, 0.1) is 12.7 Å². The predicted octanol–water partition coefficient (Wildman–Crippen LogP) is 2.11. The van der Waals surface area contributed by atoms with E-state index in [0.29, 0.717) is 25.1 Å². The summed E-state index contributed by atoms with van der Waals surface area (Å²) in [5, 5.41) is 12.4. The highest BCUT2D eigenvalue weighted by Crippen LogP contribution is 2.18. The Morgan fingerprint density at radius 1 is 1.43 bits per heavy atom. The smallest absolute Gasteiger partial charge is 0.323 e. The molecule has 124 valence electrons. The summed E-state index contributed by atoms with van der Waals surface area (Å²) in [5.41, 5.74) is -0.794. The van der Waals surface area contributed by atoms with E-state index < -0.39 is 11.5 Å². The maximum Gasteiger partial charge on any atom is 0.323 e. The predicted molar refractivity (Wildman–Crippen MR) is 84.6 cm³/mol. The number of morpholine rings is 1. The lowest BCUT2D eigenvalue weighted by atomic mass is 9.94. The standard InChI is InChI=1S/C16H32N2O3/c1-5-14-12-21-13(3)11-18(14)10-8-7-9-16(4,15(19)20)17-6-2/h13-14,17H,5-12H2,1-4H3,(H,19,20). The van der Waals surface area contributed by atoms with Gasteiger partial charge in [-0.25, -0.2) is 0 Å². The van der Waals surface area contributed by atoms with Crippen LogP contribution in [0.15, 0.2) is 0 Å². The second-order valence-corrected chi connectivity index (χ2v) is 6.33. The van der Waals surface area contributed by atoms with E-state index in [1.165, 1.54) is 0 Å². The molecule has 3 unspecified atom stereocenters. The maximum atomic E-state index is 11.4. The number of aliphatic carboxylic acids is 1. The van der Waals surface area contributed by atoms with Gasteiger partial charge in [-0.1, -0.05) is 13.8 Å². The summed E-state index contributed by atoms with van der Waals surface area (Å²) in [6.45, 7) is 11.6. The van der Waals surface area contributed by atoms with Crippen LogP contribution < -0.4 is 5.32 Å². The van der Waals surface area contributed by atoms with Gasteiger partial charge in [-0.15, -0.1) is 0 Å². The lowest BCUT2D eigenvalue weighted by molar-refractivity contribution is -0.144. The molecule has 0 radical (unpaired) electrons. The molecule has 1 aliphatic rings. The van der Waals surface area contributed by atoms with Crippen molar-refractivity contribution < 1.29 is 14.6 Å². The fourth-order valence-electron chi connectivity index (χ4n) is 3.02. The first-order valence-electron chi connectivity index (χ1n) is 8.27. The Balaban J connectivity index is 2.36. The lowest BCUT2D eigenvalue weighted by Gasteiger charge is -2.38. The van der Waals surface area contributed by atoms with Gasteiger partial charge in [0.25, 0.3) is 0 Å². The van der Waals surface area contributed by atoms with Gasteiger partial charge in [-0.2, -0.15) is 0 Å². The summed E-state index contributed by atoms with van der Waals surface area (Å²) in [6.07, 6.45) is 4.05. The summed E-state index contributed by atoms with van der Waals surface area (Å²) in [4.78, 5) is 13.9. The minimum Gasteiger partial charge on any atom is -0.480 e. The largest absolute Gasteiger partial charge is 0.480 e. The number of carboxylic acid groups (broad SMARTS) is 1. The molecule has 1 saturated heterocycles. The number of carbonyl (C=O) groups is 1. The normalized spacial score (nSPS) is 26.5. The molecule has 21 heavy (non-hydrogen) atoms. The van der Waals surface area contributed by atoms with Crippen molar-refractivity contribution in [2.45, 2.75) is 71.1 Å². The minimum absolute atomic E-state index is 0.304. The van der Waals surface area contributed by atoms with E-state index in [1.54, 1.807) is 6.92 Å². The van der Waals surface area contributed by atoms with E-state index in [0.717, 1.165) is 39.0 Å². The van der Waals surface area contributed by atoms with Gasteiger partial charge < -0.3 is 15.2 Å². The van der Waals surface area contributed by atoms with Gasteiger partial charge in [0.2, 0.25) is 0 Å². The lowest BCUT2D eigenvalue weighted by Crippen LogP contribution is -2.50. The molecule has 3 atom stereocenters. The molecule has 1 fully saturated rings. The highest BCUT2D eigenvalue weighted by Gasteiger charge is 2.31. The van der Waals surface area contributed by atoms with Crippen molar-refractivity contribution in [3.8, 4) is 0 Å². The van der Waals surface area contributed by atoms with Crippen LogP contribution in [0.3, 0.4) is 0 Å². The van der Waals surface area contributed by atoms with Crippen LogP contribution in [0.2, 0.25) is 0 Å². The van der Waals surface area contributed by atoms with Crippen LogP contribution >= 0.6 is 0 Å². The van der Waals surface area contributed by atoms with Crippen molar-refractivity contribution in [1.29, 1.82) is 0 Å². The molecule has 1 rings (SSSR count). The number of nitrogens with one attached hydrogen (secondary N) is 1. The van der Waals surface area contributed by atoms with Crippen LogP contribution in [-0.4, -0.2) is 59.9 Å². The van der Waals surface area contributed by atoms with Crippen LogP contribution in [-0.2, 0) is 9.53 Å². The zero-order chi connectivity index (χ0) is 15.9. The van der Waals surface area contributed by atoms with Gasteiger partial charge >= 0.3 is 5.97 Å². The summed E-state index contributed by atoms with van der Waals surface area (Å²) < 4.78 is 5.71. The fourth-order valence-corrected chi connectivity index (χ4v) is 3.02. The Morgan fingerprint density at radius 3 is 2.71 bits per heavy atom. The highest BCUT2D eigenvalue weighted by atomic mass is 16.5. The molecule has 1 aliphatic heterocycles. The number of hydrogen-bond acceptors (Lipinski definition) is 4. The third-order valence-electron chi connectivity index (χ3n) is 4.46. The number of nitrogens with zero attached hydrogens (tertiary/aromatic N) is 1. The number of rotatable bonds is 9. The van der Waals surface area contributed by atoms with Crippen LogP contribution in [0.5, 0.6) is 0 Å². The van der Waals surface area contributed by atoms with Crippen LogP contribution in [0.25, 0.3) is 0 Å². The molecule has 0 aromatic rings. The van der Waals surface area contributed by atoms with Gasteiger partial charge in [-0.05, 0) is 52.6 Å². The van der Waals surface area contributed by atoms with Crippen molar-refractivity contribution in [2.24, 2.45) is 0 Å². The molecule has 0 aromatic carbocycles. The van der Waals surface area contributed by atoms with Crippen LogP contribution in [0, 0.1) is 0 Å². The molecule has 0 spiro atoms. The summed E-state index contributed by atoms with van der Waals surface area (Å²) >= 11 is 0. The quantitative estimate of drug-likeness (QED) is 0.639. The zero-order valence-corrected chi connectivity index (χ0v) is 14.0. The molecule has 0 bridgehead atoms. The first-order valence-corrected chi connectivity index (χ1v) is 8.27. The Kier molecular flexibility index (Phi) is 7.63. The molecule has 0 aromatic heterocycles. The van der Waals surface area contributed by atoms with Crippen molar-refractivity contribution in [3.63, 3.8) is 0 Å². The number of likely N-dealkylation sites (N-methyl/N-ethyl adjacent to an activating group) is 1. The summed E-state index contributed by atoms with van der Waals surface area (Å²) in [7, 11) is 0. The summed E-state index contributed by atoms with van der Waals surface area (Å²) in [5.74, 6) is -0.754. The monoisotopic (exact) mass is 300 g/mol. The maximum absolute atomic E-state index is 11.4. The molecule has 0 amide bonds. The number of ether oxygens (including phenoxy) is 1. The van der Waals surface area contributed by atoms with Crippen LogP contribution in [0.4, 0.5) is 0 Å². The van der Waals surface area contributed by atoms with Gasteiger partial charge in [0, 0.05) is 12.6 Å². The van der Waals surface area contributed by atoms with Crippen molar-refractivity contribution in [1.82, 2.24) is 10.2 Å². The molecule has 0 saturated carbocycles. The SMILES string of the molecule is CCNC(C)(CCCCN1CC(C)OCC1CC)C(=O)O. The Hall–Kier alpha value is -0.650. The van der Waals surface area contributed by atoms with Crippen LogP contribution in [0.1, 0.15) is 53.4 Å². The highest BCUT2D eigenvalue weighted by molar-refractivity contribution is 5.78. The van der Waals surface area contributed by atoms with E-state index in [4.69, 9.17) is 4.74 Å². The third kappa shape index (κ3) is 5.57. The second kappa shape index (κ2) is 8.71. The van der Waals surface area contributed by atoms with Gasteiger partial charge in [0.15, 0.2) is 0 Å². The molecule has 5 heteroatoms. The molecule has 1 heterocycles. The topological polar surface area (TPSA) is 61.8 Å². The average Bonchev–Trinajstić information content (AvgIpc) is 2.44. The molecular formula is C16H32N2O3. The van der Waals surface area contributed by atoms with Crippen molar-refractivity contribution in [3.05, 3.63) is 0 Å². The number of carboxylic acids is 1. The first kappa shape index (κ1) is 18.4. The first-order chi connectivity index (χ1) is 9.92. The molecule has 5 nitrogen and oxygen atoms in total. The van der Waals surface area contributed by atoms with E-state index in [9.17, 15) is 9.90 Å². The summed E-state index contributed by atoms with van der Waals surface area (Å²) in [6, 6.07) is 0.515. The minimum atomic E-state index is -0.794. The van der Waals surface area contributed by atoms with Crippen molar-refractivity contribution >= 4 is 5.97 Å². The van der Waals surface area contributed by atoms with Gasteiger partial charge in [0.1, 0.15) is 5.54 Å². The Morgan fingerprint density at radius 2 is 2.14 bits per heavy atom. The third-order valence-corrected chi connectivity index (χ3v) is 4.46.